The summed E-state index contributed by atoms with van der Waals surface area (Å²) in [4.78, 5) is 2.91. The third-order valence-electron chi connectivity index (χ3n) is 2.06. The lowest BCUT2D eigenvalue weighted by atomic mass is 10.3. The van der Waals surface area contributed by atoms with Crippen LogP contribution >= 0.6 is 22.7 Å². The smallest absolute Gasteiger partial charge is 0.0870 e. The van der Waals surface area contributed by atoms with Gasteiger partial charge in [-0.1, -0.05) is 6.92 Å². The van der Waals surface area contributed by atoms with Crippen molar-refractivity contribution in [2.24, 2.45) is 5.73 Å². The molecule has 3 heteroatoms. The fraction of sp³-hybridized carbons (Fsp3) is 0.400. The van der Waals surface area contributed by atoms with Crippen molar-refractivity contribution in [2.45, 2.75) is 19.8 Å². The van der Waals surface area contributed by atoms with Crippen molar-refractivity contribution in [3.8, 4) is 0 Å². The number of nitrogens with two attached hydrogens (primary N) is 1. The molecule has 0 fully saturated rings. The Morgan fingerprint density at radius 3 is 2.54 bits per heavy atom. The second kappa shape index (κ2) is 3.78. The molecule has 0 amide bonds. The molecule has 2 rings (SSSR count). The third kappa shape index (κ3) is 1.77. The molecule has 0 unspecified atom stereocenters. The van der Waals surface area contributed by atoms with E-state index in [2.05, 4.69) is 19.1 Å². The van der Waals surface area contributed by atoms with Crippen LogP contribution < -0.4 is 5.73 Å². The standard InChI is InChI=1S/C10H13NS2/c1-2-8-5-7-6-9(3-4-11)13-10(7)12-8/h5-6H,2-4,11H2,1H3. The summed E-state index contributed by atoms with van der Waals surface area (Å²) in [5.41, 5.74) is 5.52. The summed E-state index contributed by atoms with van der Waals surface area (Å²) in [7, 11) is 0. The SMILES string of the molecule is CCc1cc2cc(CCN)sc2s1. The van der Waals surface area contributed by atoms with Crippen molar-refractivity contribution in [1.82, 2.24) is 0 Å². The summed E-state index contributed by atoms with van der Waals surface area (Å²) in [5.74, 6) is 0. The quantitative estimate of drug-likeness (QED) is 0.829. The van der Waals surface area contributed by atoms with Crippen molar-refractivity contribution < 1.29 is 0 Å². The van der Waals surface area contributed by atoms with Crippen LogP contribution in [-0.4, -0.2) is 6.54 Å². The Kier molecular flexibility index (Phi) is 2.67. The van der Waals surface area contributed by atoms with Gasteiger partial charge in [0.2, 0.25) is 0 Å². The number of rotatable bonds is 3. The predicted octanol–water partition coefficient (Wildman–Crippen LogP) is 3.03. The average Bonchev–Trinajstić information content (AvgIpc) is 2.61. The summed E-state index contributed by atoms with van der Waals surface area (Å²) < 4.78 is 1.46. The molecular formula is C10H13NS2. The number of fused-ring (bicyclic) bond motifs is 1. The molecule has 0 spiro atoms. The maximum Gasteiger partial charge on any atom is 0.0870 e. The lowest BCUT2D eigenvalue weighted by Crippen LogP contribution is -2.00. The highest BCUT2D eigenvalue weighted by atomic mass is 32.2. The molecule has 0 radical (unpaired) electrons. The first-order valence-electron chi connectivity index (χ1n) is 4.54. The van der Waals surface area contributed by atoms with E-state index in [1.54, 1.807) is 0 Å². The minimum absolute atomic E-state index is 0.758. The van der Waals surface area contributed by atoms with E-state index in [1.807, 2.05) is 22.7 Å². The Bertz CT molecular complexity index is 368. The first-order valence-corrected chi connectivity index (χ1v) is 6.18. The molecule has 0 atom stereocenters. The van der Waals surface area contributed by atoms with E-state index in [-0.39, 0.29) is 0 Å². The summed E-state index contributed by atoms with van der Waals surface area (Å²) >= 11 is 3.82. The second-order valence-corrected chi connectivity index (χ2v) is 5.59. The Morgan fingerprint density at radius 1 is 1.23 bits per heavy atom. The van der Waals surface area contributed by atoms with Gasteiger partial charge in [0, 0.05) is 15.1 Å². The first kappa shape index (κ1) is 9.19. The Morgan fingerprint density at radius 2 is 1.92 bits per heavy atom. The van der Waals surface area contributed by atoms with E-state index in [1.165, 1.54) is 19.2 Å². The van der Waals surface area contributed by atoms with Crippen LogP contribution in [-0.2, 0) is 12.8 Å². The zero-order valence-corrected chi connectivity index (χ0v) is 9.30. The van der Waals surface area contributed by atoms with Gasteiger partial charge in [-0.3, -0.25) is 0 Å². The summed E-state index contributed by atoms with van der Waals surface area (Å²) in [6, 6.07) is 4.58. The zero-order valence-electron chi connectivity index (χ0n) is 7.67. The topological polar surface area (TPSA) is 26.0 Å². The van der Waals surface area contributed by atoms with Crippen molar-refractivity contribution in [1.29, 1.82) is 0 Å². The molecule has 1 nitrogen and oxygen atoms in total. The lowest BCUT2D eigenvalue weighted by Gasteiger charge is -1.88. The van der Waals surface area contributed by atoms with Crippen LogP contribution in [0.3, 0.4) is 0 Å². The van der Waals surface area contributed by atoms with Gasteiger partial charge in [0.15, 0.2) is 0 Å². The lowest BCUT2D eigenvalue weighted by molar-refractivity contribution is 0.989. The van der Waals surface area contributed by atoms with Crippen LogP contribution in [0.1, 0.15) is 16.7 Å². The van der Waals surface area contributed by atoms with Crippen LogP contribution in [0.25, 0.3) is 9.40 Å². The maximum atomic E-state index is 5.52. The van der Waals surface area contributed by atoms with E-state index in [4.69, 9.17) is 5.73 Å². The van der Waals surface area contributed by atoms with Crippen molar-refractivity contribution >= 4 is 32.1 Å². The van der Waals surface area contributed by atoms with Crippen LogP contribution in [0.4, 0.5) is 0 Å². The first-order chi connectivity index (χ1) is 6.33. The van der Waals surface area contributed by atoms with Gasteiger partial charge in [0.05, 0.1) is 4.01 Å². The van der Waals surface area contributed by atoms with Crippen LogP contribution in [0.2, 0.25) is 0 Å². The minimum atomic E-state index is 0.758. The molecule has 0 bridgehead atoms. The van der Waals surface area contributed by atoms with E-state index < -0.39 is 0 Å². The van der Waals surface area contributed by atoms with Crippen LogP contribution in [0.5, 0.6) is 0 Å². The molecule has 0 saturated heterocycles. The molecule has 70 valence electrons. The molecule has 13 heavy (non-hydrogen) atoms. The maximum absolute atomic E-state index is 5.52. The highest BCUT2D eigenvalue weighted by Gasteiger charge is 2.04. The largest absolute Gasteiger partial charge is 0.330 e. The minimum Gasteiger partial charge on any atom is -0.330 e. The fourth-order valence-electron chi connectivity index (χ4n) is 1.38. The van der Waals surface area contributed by atoms with Gasteiger partial charge >= 0.3 is 0 Å². The number of hydrogen-bond donors (Lipinski definition) is 1. The molecule has 0 aliphatic rings. The third-order valence-corrected chi connectivity index (χ3v) is 4.65. The molecule has 2 N–H and O–H groups in total. The highest BCUT2D eigenvalue weighted by molar-refractivity contribution is 7.38. The van der Waals surface area contributed by atoms with Gasteiger partial charge < -0.3 is 5.73 Å². The van der Waals surface area contributed by atoms with Crippen molar-refractivity contribution in [3.05, 3.63) is 21.9 Å². The summed E-state index contributed by atoms with van der Waals surface area (Å²) in [6.45, 7) is 2.96. The molecule has 0 saturated carbocycles. The van der Waals surface area contributed by atoms with Gasteiger partial charge in [-0.15, -0.1) is 22.7 Å². The van der Waals surface area contributed by atoms with Crippen molar-refractivity contribution in [3.63, 3.8) is 0 Å². The molecule has 2 aromatic heterocycles. The fourth-order valence-corrected chi connectivity index (χ4v) is 3.87. The Balaban J connectivity index is 2.36. The van der Waals surface area contributed by atoms with E-state index >= 15 is 0 Å². The molecular weight excluding hydrogens is 198 g/mol. The molecule has 0 aliphatic heterocycles. The average molecular weight is 211 g/mol. The second-order valence-electron chi connectivity index (χ2n) is 3.06. The normalized spacial score (nSPS) is 11.2. The van der Waals surface area contributed by atoms with Gasteiger partial charge in [0.25, 0.3) is 0 Å². The number of thiophene rings is 2. The summed E-state index contributed by atoms with van der Waals surface area (Å²) in [5, 5.41) is 1.41. The number of aryl methyl sites for hydroxylation is 1. The molecule has 0 aromatic carbocycles. The zero-order chi connectivity index (χ0) is 9.26. The number of hydrogen-bond acceptors (Lipinski definition) is 3. The van der Waals surface area contributed by atoms with E-state index in [9.17, 15) is 0 Å². The van der Waals surface area contributed by atoms with Crippen molar-refractivity contribution in [2.75, 3.05) is 6.54 Å². The monoisotopic (exact) mass is 211 g/mol. The van der Waals surface area contributed by atoms with Gasteiger partial charge in [-0.25, -0.2) is 0 Å². The van der Waals surface area contributed by atoms with Gasteiger partial charge in [-0.2, -0.15) is 0 Å². The Hall–Kier alpha value is -0.380. The summed E-state index contributed by atoms with van der Waals surface area (Å²) in [6.07, 6.45) is 2.17. The van der Waals surface area contributed by atoms with E-state index in [0.717, 1.165) is 19.4 Å². The van der Waals surface area contributed by atoms with E-state index in [0.29, 0.717) is 0 Å². The van der Waals surface area contributed by atoms with Gasteiger partial charge in [-0.05, 0) is 31.5 Å². The Labute approximate surface area is 86.2 Å². The molecule has 0 aliphatic carbocycles. The highest BCUT2D eigenvalue weighted by Crippen LogP contribution is 2.33. The molecule has 2 aromatic rings. The van der Waals surface area contributed by atoms with Gasteiger partial charge in [0.1, 0.15) is 0 Å². The van der Waals surface area contributed by atoms with Crippen LogP contribution in [0.15, 0.2) is 12.1 Å². The molecule has 2 heterocycles. The van der Waals surface area contributed by atoms with Crippen LogP contribution in [0, 0.1) is 0 Å². The predicted molar refractivity (Wildman–Crippen MR) is 61.8 cm³/mol.